The number of halogens is 3. The Morgan fingerprint density at radius 3 is 2.30 bits per heavy atom. The van der Waals surface area contributed by atoms with Gasteiger partial charge in [0.1, 0.15) is 0 Å². The van der Waals surface area contributed by atoms with Crippen LogP contribution >= 0.6 is 0 Å². The molecule has 2 N–H and O–H groups in total. The van der Waals surface area contributed by atoms with Crippen molar-refractivity contribution in [2.45, 2.75) is 49.9 Å². The van der Waals surface area contributed by atoms with Crippen molar-refractivity contribution in [3.8, 4) is 0 Å². The van der Waals surface area contributed by atoms with E-state index in [1.807, 2.05) is 0 Å². The highest BCUT2D eigenvalue weighted by Crippen LogP contribution is 2.32. The van der Waals surface area contributed by atoms with Crippen molar-refractivity contribution < 1.29 is 18.3 Å². The molecule has 0 spiro atoms. The van der Waals surface area contributed by atoms with Gasteiger partial charge in [0.2, 0.25) is 0 Å². The van der Waals surface area contributed by atoms with Crippen LogP contribution in [0.5, 0.6) is 0 Å². The van der Waals surface area contributed by atoms with E-state index in [0.29, 0.717) is 18.4 Å². The number of hydrogen-bond donors (Lipinski definition) is 2. The zero-order valence-corrected chi connectivity index (χ0v) is 11.3. The zero-order valence-electron chi connectivity index (χ0n) is 11.3. The van der Waals surface area contributed by atoms with Crippen molar-refractivity contribution in [1.29, 1.82) is 0 Å². The first-order valence-electron chi connectivity index (χ1n) is 6.95. The number of nitrogens with one attached hydrogen (secondary N) is 1. The van der Waals surface area contributed by atoms with Crippen LogP contribution in [0, 0.1) is 0 Å². The average molecular weight is 287 g/mol. The minimum Gasteiger partial charge on any atom is -0.389 e. The summed E-state index contributed by atoms with van der Waals surface area (Å²) in [7, 11) is 0. The maximum absolute atomic E-state index is 12.7. The predicted molar refractivity (Wildman–Crippen MR) is 71.3 cm³/mol. The lowest BCUT2D eigenvalue weighted by molar-refractivity contribution is -0.141. The van der Waals surface area contributed by atoms with Gasteiger partial charge in [0.05, 0.1) is 12.0 Å². The molecule has 1 aliphatic rings. The summed E-state index contributed by atoms with van der Waals surface area (Å²) in [6, 6.07) is 7.79. The third-order valence-corrected chi connectivity index (χ3v) is 3.85. The summed E-state index contributed by atoms with van der Waals surface area (Å²) < 4.78 is 38.1. The molecule has 112 valence electrons. The molecule has 0 saturated heterocycles. The van der Waals surface area contributed by atoms with Crippen LogP contribution in [0.25, 0.3) is 0 Å². The lowest BCUT2D eigenvalue weighted by Crippen LogP contribution is -2.40. The molecule has 0 radical (unpaired) electrons. The second-order valence-corrected chi connectivity index (χ2v) is 5.59. The molecule has 1 fully saturated rings. The van der Waals surface area contributed by atoms with Gasteiger partial charge in [0.15, 0.2) is 0 Å². The second kappa shape index (κ2) is 6.14. The van der Waals surface area contributed by atoms with Crippen LogP contribution in [0.3, 0.4) is 0 Å². The van der Waals surface area contributed by atoms with Crippen molar-refractivity contribution in [3.63, 3.8) is 0 Å². The van der Waals surface area contributed by atoms with Gasteiger partial charge in [-0.25, -0.2) is 0 Å². The smallest absolute Gasteiger partial charge is 0.389 e. The van der Waals surface area contributed by atoms with E-state index in [9.17, 15) is 18.3 Å². The van der Waals surface area contributed by atoms with Gasteiger partial charge in [-0.15, -0.1) is 0 Å². The molecule has 1 aromatic carbocycles. The van der Waals surface area contributed by atoms with Crippen LogP contribution in [-0.2, 0) is 0 Å². The van der Waals surface area contributed by atoms with E-state index in [1.165, 1.54) is 0 Å². The summed E-state index contributed by atoms with van der Waals surface area (Å²) in [6.45, 7) is 0.211. The Bertz CT molecular complexity index is 413. The molecular formula is C15H20F3NO. The van der Waals surface area contributed by atoms with Crippen LogP contribution in [0.15, 0.2) is 30.3 Å². The number of hydrogen-bond acceptors (Lipinski definition) is 2. The second-order valence-electron chi connectivity index (χ2n) is 5.59. The molecule has 5 heteroatoms. The maximum atomic E-state index is 12.7. The summed E-state index contributed by atoms with van der Waals surface area (Å²) in [6.07, 6.45) is -1.96. The van der Waals surface area contributed by atoms with E-state index in [-0.39, 0.29) is 6.54 Å². The SMILES string of the molecule is OC1(CNC(CC(F)(F)F)c2ccccc2)CCCC1. The normalized spacial score (nSPS) is 20.0. The molecular weight excluding hydrogens is 267 g/mol. The highest BCUT2D eigenvalue weighted by molar-refractivity contribution is 5.19. The fourth-order valence-electron chi connectivity index (χ4n) is 2.75. The molecule has 0 bridgehead atoms. The van der Waals surface area contributed by atoms with Gasteiger partial charge < -0.3 is 10.4 Å². The molecule has 1 aliphatic carbocycles. The Morgan fingerprint density at radius 1 is 1.15 bits per heavy atom. The maximum Gasteiger partial charge on any atom is 0.390 e. The molecule has 2 nitrogen and oxygen atoms in total. The Balaban J connectivity index is 2.03. The summed E-state index contributed by atoms with van der Waals surface area (Å²) in [5, 5.41) is 13.1. The van der Waals surface area contributed by atoms with Crippen molar-refractivity contribution in [1.82, 2.24) is 5.32 Å². The average Bonchev–Trinajstić information content (AvgIpc) is 2.82. The van der Waals surface area contributed by atoms with Crippen molar-refractivity contribution in [3.05, 3.63) is 35.9 Å². The van der Waals surface area contributed by atoms with Gasteiger partial charge in [0.25, 0.3) is 0 Å². The highest BCUT2D eigenvalue weighted by Gasteiger charge is 2.35. The van der Waals surface area contributed by atoms with E-state index in [1.54, 1.807) is 30.3 Å². The van der Waals surface area contributed by atoms with Gasteiger partial charge in [0, 0.05) is 12.6 Å². The topological polar surface area (TPSA) is 32.3 Å². The minimum atomic E-state index is -4.23. The molecule has 0 aliphatic heterocycles. The van der Waals surface area contributed by atoms with Crippen LogP contribution in [0.4, 0.5) is 13.2 Å². The molecule has 1 aromatic rings. The number of alkyl halides is 3. The molecule has 0 aromatic heterocycles. The van der Waals surface area contributed by atoms with Crippen LogP contribution in [0.1, 0.15) is 43.7 Å². The fraction of sp³-hybridized carbons (Fsp3) is 0.600. The van der Waals surface area contributed by atoms with Gasteiger partial charge in [-0.3, -0.25) is 0 Å². The summed E-state index contributed by atoms with van der Waals surface area (Å²) >= 11 is 0. The quantitative estimate of drug-likeness (QED) is 0.867. The van der Waals surface area contributed by atoms with Crippen molar-refractivity contribution in [2.24, 2.45) is 0 Å². The van der Waals surface area contributed by atoms with E-state index < -0.39 is 24.2 Å². The van der Waals surface area contributed by atoms with Gasteiger partial charge in [-0.05, 0) is 18.4 Å². The van der Waals surface area contributed by atoms with Crippen LogP contribution < -0.4 is 5.32 Å². The van der Waals surface area contributed by atoms with Gasteiger partial charge in [-0.2, -0.15) is 13.2 Å². The zero-order chi connectivity index (χ0) is 14.6. The van der Waals surface area contributed by atoms with E-state index in [0.717, 1.165) is 12.8 Å². The Kier molecular flexibility index (Phi) is 4.70. The first-order valence-corrected chi connectivity index (χ1v) is 6.95. The summed E-state index contributed by atoms with van der Waals surface area (Å²) in [5.74, 6) is 0. The molecule has 2 rings (SSSR count). The lowest BCUT2D eigenvalue weighted by Gasteiger charge is -2.27. The number of aliphatic hydroxyl groups is 1. The lowest BCUT2D eigenvalue weighted by atomic mass is 9.99. The standard InChI is InChI=1S/C15H20F3NO/c16-15(17,18)10-13(12-6-2-1-3-7-12)19-11-14(20)8-4-5-9-14/h1-3,6-7,13,19-20H,4-5,8-11H2. The third kappa shape index (κ3) is 4.49. The van der Waals surface area contributed by atoms with E-state index >= 15 is 0 Å². The fourth-order valence-corrected chi connectivity index (χ4v) is 2.75. The molecule has 0 heterocycles. The van der Waals surface area contributed by atoms with E-state index in [2.05, 4.69) is 5.32 Å². The Hall–Kier alpha value is -1.07. The molecule has 0 amide bonds. The first kappa shape index (κ1) is 15.3. The molecule has 1 unspecified atom stereocenters. The number of rotatable bonds is 5. The van der Waals surface area contributed by atoms with Crippen LogP contribution in [0.2, 0.25) is 0 Å². The monoisotopic (exact) mass is 287 g/mol. The van der Waals surface area contributed by atoms with Gasteiger partial charge in [-0.1, -0.05) is 43.2 Å². The third-order valence-electron chi connectivity index (χ3n) is 3.85. The first-order chi connectivity index (χ1) is 9.38. The number of benzene rings is 1. The van der Waals surface area contributed by atoms with E-state index in [4.69, 9.17) is 0 Å². The largest absolute Gasteiger partial charge is 0.390 e. The highest BCUT2D eigenvalue weighted by atomic mass is 19.4. The summed E-state index contributed by atoms with van der Waals surface area (Å²) in [5.41, 5.74) is -0.245. The van der Waals surface area contributed by atoms with Gasteiger partial charge >= 0.3 is 6.18 Å². The molecule has 20 heavy (non-hydrogen) atoms. The predicted octanol–water partition coefficient (Wildman–Crippen LogP) is 3.57. The summed E-state index contributed by atoms with van der Waals surface area (Å²) in [4.78, 5) is 0. The molecule has 1 atom stereocenters. The Morgan fingerprint density at radius 2 is 1.75 bits per heavy atom. The van der Waals surface area contributed by atoms with Crippen molar-refractivity contribution in [2.75, 3.05) is 6.54 Å². The minimum absolute atomic E-state index is 0.211. The van der Waals surface area contributed by atoms with Crippen LogP contribution in [-0.4, -0.2) is 23.4 Å². The molecule has 1 saturated carbocycles. The Labute approximate surface area is 117 Å². The van der Waals surface area contributed by atoms with Crippen molar-refractivity contribution >= 4 is 0 Å².